The quantitative estimate of drug-likeness (QED) is 0.714. The topological polar surface area (TPSA) is 33.5 Å². The van der Waals surface area contributed by atoms with Gasteiger partial charge in [0, 0.05) is 43.6 Å². The van der Waals surface area contributed by atoms with Crippen LogP contribution in [0.25, 0.3) is 0 Å². The molecule has 0 spiro atoms. The van der Waals surface area contributed by atoms with Crippen molar-refractivity contribution < 1.29 is 4.74 Å². The number of methoxy groups -OCH3 is 1. The van der Waals surface area contributed by atoms with Crippen LogP contribution in [-0.2, 0) is 6.54 Å². The summed E-state index contributed by atoms with van der Waals surface area (Å²) in [5, 5.41) is 5.25. The molecule has 28 heavy (non-hydrogen) atoms. The Balaban J connectivity index is 0.00000136. The molecule has 5 nitrogen and oxygen atoms in total. The van der Waals surface area contributed by atoms with E-state index in [1.165, 1.54) is 5.69 Å². The van der Waals surface area contributed by atoms with Gasteiger partial charge < -0.3 is 14.5 Å². The van der Waals surface area contributed by atoms with E-state index in [4.69, 9.17) is 16.3 Å². The van der Waals surface area contributed by atoms with E-state index < -0.39 is 0 Å². The molecule has 0 aliphatic carbocycles. The van der Waals surface area contributed by atoms with E-state index in [2.05, 4.69) is 46.6 Å². The standard InChI is InChI=1S/C20H27ClN4O.C2H6/c1-14-6-7-18(12-19(14)26-5)24-10-8-23(9-11-24)15(2)13-25-17(4)20(21)16(3)22-25;1-2/h6-7,12H,2,8-11,13H2,1,3-5H3;1-2H3. The van der Waals surface area contributed by atoms with E-state index in [1.807, 2.05) is 32.4 Å². The molecule has 0 saturated carbocycles. The van der Waals surface area contributed by atoms with Gasteiger partial charge in [-0.2, -0.15) is 5.10 Å². The maximum Gasteiger partial charge on any atom is 0.123 e. The van der Waals surface area contributed by atoms with Gasteiger partial charge in [-0.1, -0.05) is 38.1 Å². The van der Waals surface area contributed by atoms with Crippen molar-refractivity contribution in [3.8, 4) is 5.75 Å². The number of anilines is 1. The molecule has 2 aromatic rings. The summed E-state index contributed by atoms with van der Waals surface area (Å²) in [5.74, 6) is 0.941. The summed E-state index contributed by atoms with van der Waals surface area (Å²) in [4.78, 5) is 4.73. The van der Waals surface area contributed by atoms with Gasteiger partial charge in [0.05, 0.1) is 30.1 Å². The van der Waals surface area contributed by atoms with Gasteiger partial charge in [-0.05, 0) is 32.4 Å². The molecule has 0 amide bonds. The second-order valence-corrected chi connectivity index (χ2v) is 7.21. The molecule has 3 rings (SSSR count). The number of aryl methyl sites for hydroxylation is 2. The van der Waals surface area contributed by atoms with Gasteiger partial charge in [0.15, 0.2) is 0 Å². The molecule has 0 unspecified atom stereocenters. The monoisotopic (exact) mass is 404 g/mol. The Morgan fingerprint density at radius 3 is 2.32 bits per heavy atom. The van der Waals surface area contributed by atoms with Crippen LogP contribution in [0.5, 0.6) is 5.75 Å². The summed E-state index contributed by atoms with van der Waals surface area (Å²) in [6.07, 6.45) is 0. The first kappa shape index (κ1) is 22.2. The lowest BCUT2D eigenvalue weighted by Gasteiger charge is -2.38. The second kappa shape index (κ2) is 9.87. The summed E-state index contributed by atoms with van der Waals surface area (Å²) in [5.41, 5.74) is 5.31. The highest BCUT2D eigenvalue weighted by molar-refractivity contribution is 6.31. The zero-order valence-corrected chi connectivity index (χ0v) is 18.8. The lowest BCUT2D eigenvalue weighted by molar-refractivity contribution is 0.303. The van der Waals surface area contributed by atoms with Gasteiger partial charge in [0.25, 0.3) is 0 Å². The number of benzene rings is 1. The first-order chi connectivity index (χ1) is 13.4. The zero-order chi connectivity index (χ0) is 20.8. The van der Waals surface area contributed by atoms with Crippen LogP contribution < -0.4 is 9.64 Å². The van der Waals surface area contributed by atoms with Crippen LogP contribution in [0, 0.1) is 20.8 Å². The minimum absolute atomic E-state index is 0.678. The van der Waals surface area contributed by atoms with E-state index >= 15 is 0 Å². The van der Waals surface area contributed by atoms with Gasteiger partial charge in [0.1, 0.15) is 5.75 Å². The van der Waals surface area contributed by atoms with Crippen LogP contribution in [0.3, 0.4) is 0 Å². The highest BCUT2D eigenvalue weighted by Crippen LogP contribution is 2.26. The van der Waals surface area contributed by atoms with Crippen LogP contribution in [0.4, 0.5) is 5.69 Å². The number of rotatable bonds is 5. The Kier molecular flexibility index (Phi) is 7.81. The van der Waals surface area contributed by atoms with Crippen LogP contribution >= 0.6 is 11.6 Å². The molecule has 154 valence electrons. The van der Waals surface area contributed by atoms with Crippen molar-refractivity contribution in [2.45, 2.75) is 41.2 Å². The average molecular weight is 405 g/mol. The van der Waals surface area contributed by atoms with E-state index in [1.54, 1.807) is 7.11 Å². The van der Waals surface area contributed by atoms with Crippen LogP contribution in [-0.4, -0.2) is 48.0 Å². The molecule has 0 atom stereocenters. The molecular formula is C22H33ClN4O. The molecule has 0 N–H and O–H groups in total. The molecule has 1 aromatic carbocycles. The summed E-state index contributed by atoms with van der Waals surface area (Å²) < 4.78 is 7.39. The lowest BCUT2D eigenvalue weighted by Crippen LogP contribution is -2.46. The summed E-state index contributed by atoms with van der Waals surface area (Å²) in [6, 6.07) is 6.41. The van der Waals surface area contributed by atoms with Gasteiger partial charge in [-0.15, -0.1) is 0 Å². The van der Waals surface area contributed by atoms with Gasteiger partial charge >= 0.3 is 0 Å². The largest absolute Gasteiger partial charge is 0.496 e. The van der Waals surface area contributed by atoms with E-state index in [-0.39, 0.29) is 0 Å². The van der Waals surface area contributed by atoms with Crippen molar-refractivity contribution in [1.29, 1.82) is 0 Å². The number of halogens is 1. The third kappa shape index (κ3) is 4.82. The fraction of sp³-hybridized carbons (Fsp3) is 0.500. The highest BCUT2D eigenvalue weighted by atomic mass is 35.5. The maximum absolute atomic E-state index is 6.25. The zero-order valence-electron chi connectivity index (χ0n) is 18.0. The minimum Gasteiger partial charge on any atom is -0.496 e. The fourth-order valence-corrected chi connectivity index (χ4v) is 3.52. The molecule has 2 heterocycles. The van der Waals surface area contributed by atoms with E-state index in [0.29, 0.717) is 6.54 Å². The number of ether oxygens (including phenoxy) is 1. The predicted molar refractivity (Wildman–Crippen MR) is 119 cm³/mol. The molecule has 0 bridgehead atoms. The van der Waals surface area contributed by atoms with Gasteiger partial charge in [-0.25, -0.2) is 0 Å². The van der Waals surface area contributed by atoms with Crippen molar-refractivity contribution >= 4 is 17.3 Å². The van der Waals surface area contributed by atoms with Crippen molar-refractivity contribution in [3.63, 3.8) is 0 Å². The SMILES string of the molecule is C=C(Cn1nc(C)c(Cl)c1C)N1CCN(c2ccc(C)c(OC)c2)CC1.CC. The minimum atomic E-state index is 0.678. The molecule has 1 aliphatic heterocycles. The van der Waals surface area contributed by atoms with Crippen LogP contribution in [0.15, 0.2) is 30.5 Å². The molecule has 1 aromatic heterocycles. The first-order valence-corrected chi connectivity index (χ1v) is 10.3. The number of hydrogen-bond donors (Lipinski definition) is 0. The third-order valence-electron chi connectivity index (χ3n) is 5.11. The fourth-order valence-electron chi connectivity index (χ4n) is 3.39. The maximum atomic E-state index is 6.25. The Bertz CT molecular complexity index is 807. The Morgan fingerprint density at radius 2 is 1.79 bits per heavy atom. The number of piperazine rings is 1. The Labute approximate surface area is 174 Å². The molecule has 1 saturated heterocycles. The molecule has 1 fully saturated rings. The van der Waals surface area contributed by atoms with E-state index in [9.17, 15) is 0 Å². The highest BCUT2D eigenvalue weighted by Gasteiger charge is 2.20. The van der Waals surface area contributed by atoms with Gasteiger partial charge in [0.2, 0.25) is 0 Å². The van der Waals surface area contributed by atoms with Crippen molar-refractivity contribution in [2.24, 2.45) is 0 Å². The summed E-state index contributed by atoms with van der Waals surface area (Å²) in [7, 11) is 1.72. The molecular weight excluding hydrogens is 372 g/mol. The number of nitrogens with zero attached hydrogens (tertiary/aromatic N) is 4. The normalized spacial score (nSPS) is 13.8. The molecule has 0 radical (unpaired) electrons. The smallest absolute Gasteiger partial charge is 0.123 e. The third-order valence-corrected chi connectivity index (χ3v) is 5.66. The van der Waals surface area contributed by atoms with Crippen molar-refractivity contribution in [2.75, 3.05) is 38.2 Å². The van der Waals surface area contributed by atoms with Gasteiger partial charge in [-0.3, -0.25) is 4.68 Å². The average Bonchev–Trinajstić information content (AvgIpc) is 2.96. The number of aromatic nitrogens is 2. The number of allylic oxidation sites excluding steroid dienone is 1. The molecule has 6 heteroatoms. The lowest BCUT2D eigenvalue weighted by atomic mass is 10.1. The van der Waals surface area contributed by atoms with Crippen molar-refractivity contribution in [1.82, 2.24) is 14.7 Å². The summed E-state index contributed by atoms with van der Waals surface area (Å²) in [6.45, 7) is 18.8. The predicted octanol–water partition coefficient (Wildman–Crippen LogP) is 4.83. The second-order valence-electron chi connectivity index (χ2n) is 6.84. The van der Waals surface area contributed by atoms with Crippen molar-refractivity contribution in [3.05, 3.63) is 52.4 Å². The molecule has 1 aliphatic rings. The van der Waals surface area contributed by atoms with E-state index in [0.717, 1.165) is 59.6 Å². The Hall–Kier alpha value is -2.14. The summed E-state index contributed by atoms with van der Waals surface area (Å²) >= 11 is 6.25. The number of hydrogen-bond acceptors (Lipinski definition) is 4. The Morgan fingerprint density at radius 1 is 1.14 bits per heavy atom. The first-order valence-electron chi connectivity index (χ1n) is 9.92. The van der Waals surface area contributed by atoms with Crippen LogP contribution in [0.1, 0.15) is 30.8 Å². The van der Waals surface area contributed by atoms with Crippen LogP contribution in [0.2, 0.25) is 5.02 Å².